The molecule has 0 aliphatic carbocycles. The molecule has 0 atom stereocenters. The van der Waals surface area contributed by atoms with Crippen LogP contribution in [0.25, 0.3) is 5.65 Å². The molecule has 0 unspecified atom stereocenters. The number of hydrogen-bond acceptors (Lipinski definition) is 8. The van der Waals surface area contributed by atoms with Crippen molar-refractivity contribution in [3.63, 3.8) is 0 Å². The van der Waals surface area contributed by atoms with E-state index in [4.69, 9.17) is 4.98 Å². The van der Waals surface area contributed by atoms with Gasteiger partial charge in [-0.3, -0.25) is 0 Å². The summed E-state index contributed by atoms with van der Waals surface area (Å²) in [7, 11) is 0. The molecule has 0 amide bonds. The number of fused-ring (bicyclic) bond motifs is 1. The number of piperazine rings is 1. The van der Waals surface area contributed by atoms with Crippen molar-refractivity contribution in [2.24, 2.45) is 0 Å². The highest BCUT2D eigenvalue weighted by molar-refractivity contribution is 5.63. The van der Waals surface area contributed by atoms with Gasteiger partial charge in [-0.25, -0.2) is 4.98 Å². The summed E-state index contributed by atoms with van der Waals surface area (Å²) in [4.78, 5) is 18.2. The number of nitrogens with zero attached hydrogens (tertiary/aromatic N) is 8. The number of anilines is 4. The van der Waals surface area contributed by atoms with Crippen molar-refractivity contribution in [2.45, 2.75) is 0 Å². The predicted molar refractivity (Wildman–Crippen MR) is 114 cm³/mol. The van der Waals surface area contributed by atoms with Crippen LogP contribution in [-0.4, -0.2) is 50.7 Å². The summed E-state index contributed by atoms with van der Waals surface area (Å²) in [6.45, 7) is 3.15. The molecule has 9 heteroatoms. The lowest BCUT2D eigenvalue weighted by Crippen LogP contribution is -2.47. The van der Waals surface area contributed by atoms with Gasteiger partial charge in [0.1, 0.15) is 17.5 Å². The lowest BCUT2D eigenvalue weighted by atomic mass is 10.3. The first-order valence-electron chi connectivity index (χ1n) is 9.71. The van der Waals surface area contributed by atoms with Gasteiger partial charge in [-0.15, -0.1) is 0 Å². The van der Waals surface area contributed by atoms with Crippen LogP contribution < -0.4 is 15.1 Å². The summed E-state index contributed by atoms with van der Waals surface area (Å²) in [6.07, 6.45) is 3.33. The maximum atomic E-state index is 9.46. The minimum absolute atomic E-state index is 0.418. The molecule has 1 aromatic carbocycles. The highest BCUT2D eigenvalue weighted by atomic mass is 15.4. The van der Waals surface area contributed by atoms with Gasteiger partial charge in [-0.05, 0) is 24.3 Å². The summed E-state index contributed by atoms with van der Waals surface area (Å²) in [5.74, 6) is 2.08. The Kier molecular flexibility index (Phi) is 4.57. The molecular weight excluding hydrogens is 378 g/mol. The van der Waals surface area contributed by atoms with Gasteiger partial charge in [-0.1, -0.05) is 24.3 Å². The molecule has 0 radical (unpaired) electrons. The second-order valence-electron chi connectivity index (χ2n) is 6.91. The number of hydrogen-bond donors (Lipinski definition) is 1. The van der Waals surface area contributed by atoms with E-state index in [1.54, 1.807) is 4.52 Å². The average molecular weight is 397 g/mol. The number of nitriles is 1. The second kappa shape index (κ2) is 7.67. The van der Waals surface area contributed by atoms with E-state index in [-0.39, 0.29) is 0 Å². The Morgan fingerprint density at radius 3 is 2.40 bits per heavy atom. The summed E-state index contributed by atoms with van der Waals surface area (Å²) >= 11 is 0. The van der Waals surface area contributed by atoms with Crippen molar-refractivity contribution in [1.82, 2.24) is 24.6 Å². The SMILES string of the molecule is N#Cc1cnn2c(Nc3ccccc3)nc(N3CCN(c4ccccn4)CC3)nc12. The normalized spacial score (nSPS) is 14.0. The molecule has 4 heterocycles. The number of benzene rings is 1. The minimum Gasteiger partial charge on any atom is -0.353 e. The topological polar surface area (TPSA) is 98.3 Å². The molecule has 0 bridgehead atoms. The zero-order chi connectivity index (χ0) is 20.3. The van der Waals surface area contributed by atoms with Crippen LogP contribution in [0.5, 0.6) is 0 Å². The van der Waals surface area contributed by atoms with Gasteiger partial charge in [0.05, 0.1) is 6.20 Å². The fourth-order valence-electron chi connectivity index (χ4n) is 3.49. The average Bonchev–Trinajstić information content (AvgIpc) is 3.24. The number of nitrogens with one attached hydrogen (secondary N) is 1. The quantitative estimate of drug-likeness (QED) is 0.561. The lowest BCUT2D eigenvalue weighted by molar-refractivity contribution is 0.633. The van der Waals surface area contributed by atoms with E-state index >= 15 is 0 Å². The van der Waals surface area contributed by atoms with E-state index in [9.17, 15) is 5.26 Å². The molecule has 1 N–H and O–H groups in total. The molecule has 1 aliphatic rings. The maximum Gasteiger partial charge on any atom is 0.233 e. The van der Waals surface area contributed by atoms with E-state index in [2.05, 4.69) is 36.3 Å². The van der Waals surface area contributed by atoms with Crippen molar-refractivity contribution in [3.05, 3.63) is 66.5 Å². The molecule has 1 saturated heterocycles. The predicted octanol–water partition coefficient (Wildman–Crippen LogP) is 2.46. The zero-order valence-electron chi connectivity index (χ0n) is 16.2. The third-order valence-electron chi connectivity index (χ3n) is 5.04. The molecule has 148 valence electrons. The standard InChI is InChI=1S/C21H19N9/c22-14-16-15-24-30-19(16)26-20(27-21(30)25-17-6-2-1-3-7-17)29-12-10-28(11-13-29)18-8-4-5-9-23-18/h1-9,15H,10-13H2,(H,25,26,27). The molecule has 5 rings (SSSR count). The van der Waals surface area contributed by atoms with Gasteiger partial charge in [-0.2, -0.15) is 24.8 Å². The van der Waals surface area contributed by atoms with Gasteiger partial charge in [0.15, 0.2) is 5.65 Å². The molecular formula is C21H19N9. The maximum absolute atomic E-state index is 9.46. The fourth-order valence-corrected chi connectivity index (χ4v) is 3.49. The highest BCUT2D eigenvalue weighted by Gasteiger charge is 2.22. The Labute approximate surface area is 173 Å². The summed E-state index contributed by atoms with van der Waals surface area (Å²) in [5.41, 5.74) is 1.80. The van der Waals surface area contributed by atoms with Crippen LogP contribution in [-0.2, 0) is 0 Å². The Bertz CT molecular complexity index is 1190. The second-order valence-corrected chi connectivity index (χ2v) is 6.91. The van der Waals surface area contributed by atoms with E-state index in [1.165, 1.54) is 6.20 Å². The monoisotopic (exact) mass is 397 g/mol. The van der Waals surface area contributed by atoms with Crippen LogP contribution in [0.3, 0.4) is 0 Å². The first-order chi connectivity index (χ1) is 14.8. The van der Waals surface area contributed by atoms with Gasteiger partial charge in [0.2, 0.25) is 11.9 Å². The largest absolute Gasteiger partial charge is 0.353 e. The van der Waals surface area contributed by atoms with Gasteiger partial charge < -0.3 is 15.1 Å². The molecule has 0 spiro atoms. The molecule has 1 aliphatic heterocycles. The minimum atomic E-state index is 0.418. The highest BCUT2D eigenvalue weighted by Crippen LogP contribution is 2.22. The molecule has 30 heavy (non-hydrogen) atoms. The third-order valence-corrected chi connectivity index (χ3v) is 5.04. The van der Waals surface area contributed by atoms with Crippen molar-refractivity contribution in [3.8, 4) is 6.07 Å². The summed E-state index contributed by atoms with van der Waals surface area (Å²) in [5, 5.41) is 17.0. The van der Waals surface area contributed by atoms with Crippen molar-refractivity contribution in [2.75, 3.05) is 41.3 Å². The van der Waals surface area contributed by atoms with Crippen LogP contribution in [0.4, 0.5) is 23.4 Å². The summed E-state index contributed by atoms with van der Waals surface area (Å²) < 4.78 is 1.57. The van der Waals surface area contributed by atoms with E-state index in [0.717, 1.165) is 37.7 Å². The number of aromatic nitrogens is 5. The van der Waals surface area contributed by atoms with E-state index < -0.39 is 0 Å². The first kappa shape index (κ1) is 17.9. The lowest BCUT2D eigenvalue weighted by Gasteiger charge is -2.35. The number of rotatable bonds is 4. The third kappa shape index (κ3) is 3.35. The van der Waals surface area contributed by atoms with Crippen molar-refractivity contribution >= 4 is 29.0 Å². The Morgan fingerprint density at radius 2 is 1.67 bits per heavy atom. The van der Waals surface area contributed by atoms with Gasteiger partial charge in [0.25, 0.3) is 0 Å². The van der Waals surface area contributed by atoms with Crippen LogP contribution in [0.2, 0.25) is 0 Å². The van der Waals surface area contributed by atoms with Crippen LogP contribution >= 0.6 is 0 Å². The van der Waals surface area contributed by atoms with Crippen LogP contribution in [0.1, 0.15) is 5.56 Å². The van der Waals surface area contributed by atoms with Crippen molar-refractivity contribution < 1.29 is 0 Å². The number of pyridine rings is 1. The Balaban J connectivity index is 1.45. The number of para-hydroxylation sites is 1. The summed E-state index contributed by atoms with van der Waals surface area (Å²) in [6, 6.07) is 17.8. The van der Waals surface area contributed by atoms with Crippen molar-refractivity contribution in [1.29, 1.82) is 5.26 Å². The van der Waals surface area contributed by atoms with Gasteiger partial charge >= 0.3 is 0 Å². The smallest absolute Gasteiger partial charge is 0.233 e. The molecule has 1 fully saturated rings. The molecule has 0 saturated carbocycles. The van der Waals surface area contributed by atoms with E-state index in [0.29, 0.717) is 23.1 Å². The van der Waals surface area contributed by atoms with Crippen LogP contribution in [0.15, 0.2) is 60.9 Å². The Morgan fingerprint density at radius 1 is 0.900 bits per heavy atom. The molecule has 4 aromatic rings. The molecule has 9 nitrogen and oxygen atoms in total. The van der Waals surface area contributed by atoms with Crippen LogP contribution in [0, 0.1) is 11.3 Å². The van der Waals surface area contributed by atoms with E-state index in [1.807, 2.05) is 54.7 Å². The Hall–Kier alpha value is -4.19. The molecule has 3 aromatic heterocycles. The first-order valence-corrected chi connectivity index (χ1v) is 9.71. The fraction of sp³-hybridized carbons (Fsp3) is 0.190. The zero-order valence-corrected chi connectivity index (χ0v) is 16.2. The van der Waals surface area contributed by atoms with Gasteiger partial charge in [0, 0.05) is 38.1 Å².